The van der Waals surface area contributed by atoms with Gasteiger partial charge in [0.15, 0.2) is 0 Å². The van der Waals surface area contributed by atoms with E-state index in [9.17, 15) is 14.9 Å². The molecule has 3 aromatic rings. The van der Waals surface area contributed by atoms with Crippen LogP contribution in [0.25, 0.3) is 0 Å². The average molecular weight is 402 g/mol. The van der Waals surface area contributed by atoms with Gasteiger partial charge in [-0.3, -0.25) is 14.9 Å². The monoisotopic (exact) mass is 402 g/mol. The van der Waals surface area contributed by atoms with Gasteiger partial charge in [0.2, 0.25) is 0 Å². The topological polar surface area (TPSA) is 78.7 Å². The number of anilines is 3. The minimum absolute atomic E-state index is 0.118. The summed E-state index contributed by atoms with van der Waals surface area (Å²) in [7, 11) is 0. The molecule has 1 amide bonds. The maximum atomic E-state index is 13.0. The Morgan fingerprint density at radius 2 is 1.50 bits per heavy atom. The van der Waals surface area contributed by atoms with Crippen LogP contribution in [0.4, 0.5) is 22.7 Å². The van der Waals surface area contributed by atoms with Gasteiger partial charge in [-0.2, -0.15) is 0 Å². The maximum Gasteiger partial charge on any atom is 0.293 e. The lowest BCUT2D eigenvalue weighted by Crippen LogP contribution is -2.48. The van der Waals surface area contributed by atoms with Gasteiger partial charge < -0.3 is 15.1 Å². The van der Waals surface area contributed by atoms with E-state index < -0.39 is 4.92 Å². The molecule has 1 N–H and O–H groups in total. The van der Waals surface area contributed by atoms with Crippen molar-refractivity contribution in [2.75, 3.05) is 36.4 Å². The summed E-state index contributed by atoms with van der Waals surface area (Å²) < 4.78 is 0. The molecule has 7 heteroatoms. The molecular formula is C23H22N4O3. The fraction of sp³-hybridized carbons (Fsp3) is 0.174. The third kappa shape index (κ3) is 4.25. The molecule has 0 aliphatic carbocycles. The Balaban J connectivity index is 1.48. The van der Waals surface area contributed by atoms with Crippen LogP contribution >= 0.6 is 0 Å². The van der Waals surface area contributed by atoms with Crippen LogP contribution in [0.3, 0.4) is 0 Å². The molecule has 0 aromatic heterocycles. The number of benzene rings is 3. The van der Waals surface area contributed by atoms with E-state index in [1.54, 1.807) is 17.0 Å². The summed E-state index contributed by atoms with van der Waals surface area (Å²) in [5.74, 6) is -0.183. The summed E-state index contributed by atoms with van der Waals surface area (Å²) in [5, 5.41) is 14.6. The lowest BCUT2D eigenvalue weighted by Gasteiger charge is -2.36. The zero-order valence-corrected chi connectivity index (χ0v) is 16.4. The third-order valence-corrected chi connectivity index (χ3v) is 5.18. The van der Waals surface area contributed by atoms with Crippen molar-refractivity contribution in [3.8, 4) is 0 Å². The van der Waals surface area contributed by atoms with Gasteiger partial charge in [-0.1, -0.05) is 36.4 Å². The van der Waals surface area contributed by atoms with Crippen LogP contribution in [0.5, 0.6) is 0 Å². The first-order valence-electron chi connectivity index (χ1n) is 9.81. The van der Waals surface area contributed by atoms with Crippen molar-refractivity contribution in [1.82, 2.24) is 4.90 Å². The number of carbonyl (C=O) groups is 1. The smallest absolute Gasteiger partial charge is 0.293 e. The number of hydrogen-bond donors (Lipinski definition) is 1. The summed E-state index contributed by atoms with van der Waals surface area (Å²) in [6.45, 7) is 2.61. The van der Waals surface area contributed by atoms with E-state index in [1.807, 2.05) is 48.5 Å². The van der Waals surface area contributed by atoms with Crippen molar-refractivity contribution < 1.29 is 9.72 Å². The number of rotatable bonds is 5. The minimum atomic E-state index is -0.463. The molecule has 1 aliphatic rings. The number of para-hydroxylation sites is 2. The van der Waals surface area contributed by atoms with Gasteiger partial charge in [0.05, 0.1) is 4.92 Å². The van der Waals surface area contributed by atoms with E-state index in [1.165, 1.54) is 6.07 Å². The van der Waals surface area contributed by atoms with Gasteiger partial charge in [-0.15, -0.1) is 0 Å². The number of carbonyl (C=O) groups excluding carboxylic acids is 1. The van der Waals surface area contributed by atoms with E-state index in [0.717, 1.165) is 24.5 Å². The van der Waals surface area contributed by atoms with E-state index in [0.29, 0.717) is 24.3 Å². The van der Waals surface area contributed by atoms with Crippen LogP contribution in [0, 0.1) is 10.1 Å². The number of nitro groups is 1. The molecule has 0 bridgehead atoms. The quantitative estimate of drug-likeness (QED) is 0.508. The largest absolute Gasteiger partial charge is 0.368 e. The first kappa shape index (κ1) is 19.4. The van der Waals surface area contributed by atoms with Gasteiger partial charge in [0, 0.05) is 49.2 Å². The van der Waals surface area contributed by atoms with E-state index in [4.69, 9.17) is 0 Å². The average Bonchev–Trinajstić information content (AvgIpc) is 2.80. The van der Waals surface area contributed by atoms with Gasteiger partial charge in [0.25, 0.3) is 11.6 Å². The molecule has 7 nitrogen and oxygen atoms in total. The molecular weight excluding hydrogens is 380 g/mol. The summed E-state index contributed by atoms with van der Waals surface area (Å²) in [5.41, 5.74) is 2.45. The molecule has 1 fully saturated rings. The van der Waals surface area contributed by atoms with Crippen molar-refractivity contribution in [2.24, 2.45) is 0 Å². The highest BCUT2D eigenvalue weighted by atomic mass is 16.6. The van der Waals surface area contributed by atoms with Crippen LogP contribution in [-0.4, -0.2) is 41.9 Å². The second-order valence-electron chi connectivity index (χ2n) is 7.09. The van der Waals surface area contributed by atoms with Gasteiger partial charge in [0.1, 0.15) is 5.69 Å². The summed E-state index contributed by atoms with van der Waals surface area (Å²) >= 11 is 0. The van der Waals surface area contributed by atoms with Crippen LogP contribution in [-0.2, 0) is 0 Å². The van der Waals surface area contributed by atoms with Crippen LogP contribution in [0.2, 0.25) is 0 Å². The minimum Gasteiger partial charge on any atom is -0.368 e. The Hall–Kier alpha value is -3.87. The first-order chi connectivity index (χ1) is 14.6. The SMILES string of the molecule is O=C(c1ccc(Nc2ccccc2)c([N+](=O)[O-])c1)N1CCN(c2ccccc2)CC1. The number of nitrogens with one attached hydrogen (secondary N) is 1. The predicted octanol–water partition coefficient (Wildman–Crippen LogP) is 4.30. The zero-order chi connectivity index (χ0) is 20.9. The highest BCUT2D eigenvalue weighted by molar-refractivity contribution is 5.96. The Morgan fingerprint density at radius 1 is 0.867 bits per heavy atom. The highest BCUT2D eigenvalue weighted by Gasteiger charge is 2.25. The van der Waals surface area contributed by atoms with Crippen molar-refractivity contribution in [3.63, 3.8) is 0 Å². The number of hydrogen-bond acceptors (Lipinski definition) is 5. The Kier molecular flexibility index (Phi) is 5.61. The molecule has 0 unspecified atom stereocenters. The number of nitro benzene ring substituents is 1. The van der Waals surface area contributed by atoms with Crippen molar-refractivity contribution in [1.29, 1.82) is 0 Å². The molecule has 152 valence electrons. The molecule has 3 aromatic carbocycles. The molecule has 0 saturated carbocycles. The molecule has 0 radical (unpaired) electrons. The predicted molar refractivity (Wildman–Crippen MR) is 117 cm³/mol. The van der Waals surface area contributed by atoms with Crippen molar-refractivity contribution >= 4 is 28.7 Å². The molecule has 30 heavy (non-hydrogen) atoms. The summed E-state index contributed by atoms with van der Waals surface area (Å²) in [4.78, 5) is 28.1. The zero-order valence-electron chi connectivity index (χ0n) is 16.4. The maximum absolute atomic E-state index is 13.0. The lowest BCUT2D eigenvalue weighted by molar-refractivity contribution is -0.383. The van der Waals surface area contributed by atoms with Gasteiger partial charge in [-0.25, -0.2) is 0 Å². The lowest BCUT2D eigenvalue weighted by atomic mass is 10.1. The molecule has 1 saturated heterocycles. The van der Waals surface area contributed by atoms with Crippen molar-refractivity contribution in [3.05, 3.63) is 94.5 Å². The number of nitrogens with zero attached hydrogens (tertiary/aromatic N) is 3. The van der Waals surface area contributed by atoms with Crippen LogP contribution in [0.15, 0.2) is 78.9 Å². The molecule has 0 spiro atoms. The molecule has 0 atom stereocenters. The van der Waals surface area contributed by atoms with Crippen LogP contribution in [0.1, 0.15) is 10.4 Å². The molecule has 1 heterocycles. The Labute approximate surface area is 174 Å². The highest BCUT2D eigenvalue weighted by Crippen LogP contribution is 2.29. The summed E-state index contributed by atoms with van der Waals surface area (Å²) in [6.07, 6.45) is 0. The third-order valence-electron chi connectivity index (χ3n) is 5.18. The fourth-order valence-corrected chi connectivity index (χ4v) is 3.59. The standard InChI is InChI=1S/C23H22N4O3/c28-23(26-15-13-25(14-16-26)20-9-5-2-6-10-20)18-11-12-21(22(17-18)27(29)30)24-19-7-3-1-4-8-19/h1-12,17,24H,13-16H2. The molecule has 4 rings (SSSR count). The second kappa shape index (κ2) is 8.65. The van der Waals surface area contributed by atoms with Gasteiger partial charge in [-0.05, 0) is 36.4 Å². The number of piperazine rings is 1. The Morgan fingerprint density at radius 3 is 2.13 bits per heavy atom. The van der Waals surface area contributed by atoms with Crippen LogP contribution < -0.4 is 10.2 Å². The fourth-order valence-electron chi connectivity index (χ4n) is 3.59. The van der Waals surface area contributed by atoms with E-state index >= 15 is 0 Å². The van der Waals surface area contributed by atoms with Gasteiger partial charge >= 0.3 is 0 Å². The first-order valence-corrected chi connectivity index (χ1v) is 9.81. The second-order valence-corrected chi connectivity index (χ2v) is 7.09. The van der Waals surface area contributed by atoms with E-state index in [2.05, 4.69) is 22.3 Å². The molecule has 1 aliphatic heterocycles. The summed E-state index contributed by atoms with van der Waals surface area (Å²) in [6, 6.07) is 23.9. The number of amides is 1. The van der Waals surface area contributed by atoms with Crippen molar-refractivity contribution in [2.45, 2.75) is 0 Å². The van der Waals surface area contributed by atoms with E-state index in [-0.39, 0.29) is 11.6 Å². The normalized spacial score (nSPS) is 13.7. The Bertz CT molecular complexity index is 1030.